The first kappa shape index (κ1) is 20.3. The first-order valence-electron chi connectivity index (χ1n) is 11.2. The van der Waals surface area contributed by atoms with Gasteiger partial charge in [-0.3, -0.25) is 0 Å². The van der Waals surface area contributed by atoms with Crippen LogP contribution in [0.5, 0.6) is 11.5 Å². The fraction of sp³-hybridized carbons (Fsp3) is 0.259. The van der Waals surface area contributed by atoms with Gasteiger partial charge in [-0.2, -0.15) is 0 Å². The van der Waals surface area contributed by atoms with E-state index in [1.54, 1.807) is 7.11 Å². The maximum atomic E-state index is 5.87. The van der Waals surface area contributed by atoms with Gasteiger partial charge in [0, 0.05) is 11.9 Å². The number of fused-ring (bicyclic) bond motifs is 4. The summed E-state index contributed by atoms with van der Waals surface area (Å²) < 4.78 is 13.6. The Kier molecular flexibility index (Phi) is 5.63. The van der Waals surface area contributed by atoms with Crippen molar-refractivity contribution in [3.63, 3.8) is 0 Å². The molecule has 3 aromatic carbocycles. The number of benzene rings is 3. The zero-order chi connectivity index (χ0) is 21.9. The van der Waals surface area contributed by atoms with Gasteiger partial charge in [-0.25, -0.2) is 9.97 Å². The lowest BCUT2D eigenvalue weighted by Gasteiger charge is -2.10. The number of methoxy groups -OCH3 is 1. The summed E-state index contributed by atoms with van der Waals surface area (Å²) in [6.07, 6.45) is 3.49. The fourth-order valence-corrected chi connectivity index (χ4v) is 4.12. The van der Waals surface area contributed by atoms with Gasteiger partial charge in [0.2, 0.25) is 0 Å². The van der Waals surface area contributed by atoms with Gasteiger partial charge < -0.3 is 14.0 Å². The van der Waals surface area contributed by atoms with Crippen molar-refractivity contribution in [2.24, 2.45) is 0 Å². The second-order valence-electron chi connectivity index (χ2n) is 8.05. The molecule has 0 saturated carbocycles. The molecule has 5 rings (SSSR count). The number of para-hydroxylation sites is 2. The van der Waals surface area contributed by atoms with Crippen LogP contribution >= 0.6 is 0 Å². The van der Waals surface area contributed by atoms with Crippen LogP contribution in [0.3, 0.4) is 0 Å². The predicted octanol–water partition coefficient (Wildman–Crippen LogP) is 6.36. The minimum atomic E-state index is 0.704. The van der Waals surface area contributed by atoms with E-state index in [0.29, 0.717) is 6.54 Å². The van der Waals surface area contributed by atoms with E-state index < -0.39 is 0 Å². The highest BCUT2D eigenvalue weighted by Gasteiger charge is 2.16. The van der Waals surface area contributed by atoms with E-state index in [9.17, 15) is 0 Å². The Hall–Kier alpha value is -3.60. The molecule has 0 aliphatic heterocycles. The van der Waals surface area contributed by atoms with Crippen molar-refractivity contribution in [1.29, 1.82) is 0 Å². The van der Waals surface area contributed by atoms with E-state index in [0.717, 1.165) is 57.6 Å². The van der Waals surface area contributed by atoms with Gasteiger partial charge in [-0.05, 0) is 54.4 Å². The van der Waals surface area contributed by atoms with E-state index in [4.69, 9.17) is 19.4 Å². The molecular formula is C27H27N3O2. The maximum absolute atomic E-state index is 5.87. The average Bonchev–Trinajstić information content (AvgIpc) is 3.13. The third-order valence-corrected chi connectivity index (χ3v) is 5.84. The highest BCUT2D eigenvalue weighted by molar-refractivity contribution is 6.07. The van der Waals surface area contributed by atoms with Crippen LogP contribution in [0.25, 0.3) is 33.1 Å². The molecule has 0 N–H and O–H groups in total. The summed E-state index contributed by atoms with van der Waals surface area (Å²) in [4.78, 5) is 9.92. The Morgan fingerprint density at radius 2 is 1.59 bits per heavy atom. The third kappa shape index (κ3) is 3.86. The molecule has 2 heterocycles. The molecule has 0 radical (unpaired) electrons. The van der Waals surface area contributed by atoms with E-state index in [-0.39, 0.29) is 0 Å². The molecular weight excluding hydrogens is 398 g/mol. The van der Waals surface area contributed by atoms with Crippen LogP contribution in [0.1, 0.15) is 31.7 Å². The molecule has 5 aromatic rings. The number of rotatable bonds is 8. The standard InChI is InChI=1S/C27H27N3O2/c1-3-4-7-16-32-20-12-10-19(11-13-20)18-30-25-15-14-21(31-2)17-22(25)26-27(30)29-24-9-6-5-8-23(24)28-26/h5-6,8-15,17H,3-4,7,16,18H2,1-2H3. The normalized spacial score (nSPS) is 11.4. The Balaban J connectivity index is 1.54. The largest absolute Gasteiger partial charge is 0.497 e. The summed E-state index contributed by atoms with van der Waals surface area (Å²) in [5.41, 5.74) is 5.85. The SMILES string of the molecule is CCCCCOc1ccc(Cn2c3ccc(OC)cc3c3nc4ccccc4nc32)cc1. The lowest BCUT2D eigenvalue weighted by Crippen LogP contribution is -2.02. The molecule has 0 bridgehead atoms. The lowest BCUT2D eigenvalue weighted by molar-refractivity contribution is 0.306. The van der Waals surface area contributed by atoms with Gasteiger partial charge >= 0.3 is 0 Å². The molecule has 0 aliphatic carbocycles. The van der Waals surface area contributed by atoms with E-state index in [1.807, 2.05) is 36.4 Å². The second kappa shape index (κ2) is 8.87. The van der Waals surface area contributed by atoms with Gasteiger partial charge in [-0.1, -0.05) is 44.0 Å². The smallest absolute Gasteiger partial charge is 0.160 e. The zero-order valence-corrected chi connectivity index (χ0v) is 18.5. The molecule has 5 heteroatoms. The Morgan fingerprint density at radius 3 is 2.34 bits per heavy atom. The second-order valence-corrected chi connectivity index (χ2v) is 8.05. The molecule has 0 aliphatic rings. The molecule has 5 nitrogen and oxygen atoms in total. The maximum Gasteiger partial charge on any atom is 0.160 e. The predicted molar refractivity (Wildman–Crippen MR) is 130 cm³/mol. The monoisotopic (exact) mass is 425 g/mol. The van der Waals surface area contributed by atoms with Crippen molar-refractivity contribution in [2.45, 2.75) is 32.7 Å². The number of hydrogen-bond acceptors (Lipinski definition) is 4. The van der Waals surface area contributed by atoms with Crippen molar-refractivity contribution in [1.82, 2.24) is 14.5 Å². The minimum absolute atomic E-state index is 0.704. The molecule has 2 aromatic heterocycles. The summed E-state index contributed by atoms with van der Waals surface area (Å²) in [5, 5.41) is 1.05. The number of aromatic nitrogens is 3. The van der Waals surface area contributed by atoms with Crippen molar-refractivity contribution in [3.05, 3.63) is 72.3 Å². The van der Waals surface area contributed by atoms with Crippen molar-refractivity contribution < 1.29 is 9.47 Å². The van der Waals surface area contributed by atoms with Crippen LogP contribution in [-0.2, 0) is 6.54 Å². The van der Waals surface area contributed by atoms with Crippen LogP contribution in [0.15, 0.2) is 66.7 Å². The first-order chi connectivity index (χ1) is 15.8. The molecule has 0 amide bonds. The summed E-state index contributed by atoms with van der Waals surface area (Å²) >= 11 is 0. The van der Waals surface area contributed by atoms with Crippen LogP contribution in [-0.4, -0.2) is 28.3 Å². The van der Waals surface area contributed by atoms with Gasteiger partial charge in [0.25, 0.3) is 0 Å². The van der Waals surface area contributed by atoms with Crippen LogP contribution in [0.4, 0.5) is 0 Å². The lowest BCUT2D eigenvalue weighted by atomic mass is 10.2. The molecule has 162 valence electrons. The summed E-state index contributed by atoms with van der Waals surface area (Å²) in [6, 6.07) is 22.5. The quantitative estimate of drug-likeness (QED) is 0.271. The van der Waals surface area contributed by atoms with E-state index >= 15 is 0 Å². The third-order valence-electron chi connectivity index (χ3n) is 5.84. The summed E-state index contributed by atoms with van der Waals surface area (Å²) in [6.45, 7) is 3.67. The molecule has 0 atom stereocenters. The number of unbranched alkanes of at least 4 members (excludes halogenated alkanes) is 2. The van der Waals surface area contributed by atoms with Gasteiger partial charge in [0.15, 0.2) is 5.65 Å². The molecule has 0 spiro atoms. The summed E-state index contributed by atoms with van der Waals surface area (Å²) in [5.74, 6) is 1.73. The Labute approximate surface area is 187 Å². The van der Waals surface area contributed by atoms with Crippen molar-refractivity contribution in [3.8, 4) is 11.5 Å². The zero-order valence-electron chi connectivity index (χ0n) is 18.5. The molecule has 0 unspecified atom stereocenters. The Bertz CT molecular complexity index is 1370. The fourth-order valence-electron chi connectivity index (χ4n) is 4.12. The van der Waals surface area contributed by atoms with Gasteiger partial charge in [0.1, 0.15) is 17.0 Å². The highest BCUT2D eigenvalue weighted by atomic mass is 16.5. The van der Waals surface area contributed by atoms with E-state index in [2.05, 4.69) is 41.8 Å². The van der Waals surface area contributed by atoms with Crippen molar-refractivity contribution >= 4 is 33.1 Å². The topological polar surface area (TPSA) is 49.2 Å². The molecule has 0 fully saturated rings. The van der Waals surface area contributed by atoms with Gasteiger partial charge in [-0.15, -0.1) is 0 Å². The summed E-state index contributed by atoms with van der Waals surface area (Å²) in [7, 11) is 1.69. The minimum Gasteiger partial charge on any atom is -0.497 e. The highest BCUT2D eigenvalue weighted by Crippen LogP contribution is 2.32. The van der Waals surface area contributed by atoms with Crippen LogP contribution < -0.4 is 9.47 Å². The Morgan fingerprint density at radius 1 is 0.844 bits per heavy atom. The average molecular weight is 426 g/mol. The number of ether oxygens (including phenoxy) is 2. The van der Waals surface area contributed by atoms with Crippen molar-refractivity contribution in [2.75, 3.05) is 13.7 Å². The van der Waals surface area contributed by atoms with Crippen LogP contribution in [0.2, 0.25) is 0 Å². The van der Waals surface area contributed by atoms with E-state index in [1.165, 1.54) is 18.4 Å². The number of nitrogens with zero attached hydrogens (tertiary/aromatic N) is 3. The number of hydrogen-bond donors (Lipinski definition) is 0. The van der Waals surface area contributed by atoms with Crippen LogP contribution in [0, 0.1) is 0 Å². The first-order valence-corrected chi connectivity index (χ1v) is 11.2. The van der Waals surface area contributed by atoms with Gasteiger partial charge in [0.05, 0.1) is 30.3 Å². The molecule has 32 heavy (non-hydrogen) atoms. The molecule has 0 saturated heterocycles.